The van der Waals surface area contributed by atoms with E-state index < -0.39 is 0 Å². The Balaban J connectivity index is 4.68. The lowest BCUT2D eigenvalue weighted by molar-refractivity contribution is -0.136. The lowest BCUT2D eigenvalue weighted by Gasteiger charge is -2.06. The number of ether oxygens (including phenoxy) is 1. The van der Waals surface area contributed by atoms with E-state index in [0.29, 0.717) is 0 Å². The van der Waals surface area contributed by atoms with Gasteiger partial charge in [-0.25, -0.2) is 4.79 Å². The van der Waals surface area contributed by atoms with Crippen molar-refractivity contribution in [2.24, 2.45) is 0 Å². The van der Waals surface area contributed by atoms with Gasteiger partial charge in [0.05, 0.1) is 12.7 Å². The van der Waals surface area contributed by atoms with Gasteiger partial charge in [0.2, 0.25) is 0 Å². The summed E-state index contributed by atoms with van der Waals surface area (Å²) in [7, 11) is 1.41. The molecule has 0 saturated heterocycles. The highest BCUT2D eigenvalue weighted by Crippen LogP contribution is 2.29. The van der Waals surface area contributed by atoms with Gasteiger partial charge in [0.15, 0.2) is 0 Å². The van der Waals surface area contributed by atoms with Crippen LogP contribution in [0.5, 0.6) is 0 Å². The third-order valence-corrected chi connectivity index (χ3v) is 3.64. The zero-order valence-electron chi connectivity index (χ0n) is 7.84. The first-order valence-electron chi connectivity index (χ1n) is 3.60. The average Bonchev–Trinajstić information content (AvgIpc) is 2.12. The van der Waals surface area contributed by atoms with Crippen LogP contribution in [0.3, 0.4) is 0 Å². The number of thioether (sulfide) groups is 2. The van der Waals surface area contributed by atoms with Crippen molar-refractivity contribution in [3.63, 3.8) is 0 Å². The zero-order chi connectivity index (χ0) is 9.56. The van der Waals surface area contributed by atoms with Crippen LogP contribution in [0.25, 0.3) is 0 Å². The number of carbonyl (C=O) groups excluding carboxylic acids is 1. The molecule has 0 atom stereocenters. The van der Waals surface area contributed by atoms with Gasteiger partial charge in [0.25, 0.3) is 0 Å². The molecule has 0 radical (unpaired) electrons. The third-order valence-electron chi connectivity index (χ3n) is 1.40. The van der Waals surface area contributed by atoms with E-state index in [2.05, 4.69) is 4.74 Å². The first-order valence-corrected chi connectivity index (χ1v) is 6.05. The van der Waals surface area contributed by atoms with Crippen molar-refractivity contribution in [1.82, 2.24) is 0 Å². The summed E-state index contributed by atoms with van der Waals surface area (Å²) in [5.41, 5.74) is 0.775. The predicted molar refractivity (Wildman–Crippen MR) is 56.4 cm³/mol. The van der Waals surface area contributed by atoms with Crippen molar-refractivity contribution in [2.75, 3.05) is 19.6 Å². The Hall–Kier alpha value is -0.0900. The second-order valence-electron chi connectivity index (χ2n) is 2.02. The van der Waals surface area contributed by atoms with Gasteiger partial charge >= 0.3 is 5.97 Å². The molecule has 0 aliphatic heterocycles. The Morgan fingerprint density at radius 2 is 1.83 bits per heavy atom. The van der Waals surface area contributed by atoms with Crippen LogP contribution in [0.15, 0.2) is 9.81 Å². The van der Waals surface area contributed by atoms with E-state index in [1.165, 1.54) is 7.11 Å². The molecular weight excluding hydrogens is 192 g/mol. The first kappa shape index (κ1) is 11.9. The number of methoxy groups -OCH3 is 1. The summed E-state index contributed by atoms with van der Waals surface area (Å²) >= 11 is 3.18. The molecular formula is C8H14O2S2. The molecule has 0 aliphatic carbocycles. The maximum atomic E-state index is 11.2. The standard InChI is InChI=1S/C8H14O2S2/c1-5-6(7(9)10-2)8(11-3)12-4/h5H2,1-4H3. The molecule has 4 heteroatoms. The Bertz CT molecular complexity index is 181. The molecule has 0 aromatic heterocycles. The zero-order valence-corrected chi connectivity index (χ0v) is 9.47. The summed E-state index contributed by atoms with van der Waals surface area (Å²) in [6, 6.07) is 0. The lowest BCUT2D eigenvalue weighted by Crippen LogP contribution is -2.05. The van der Waals surface area contributed by atoms with Gasteiger partial charge in [0, 0.05) is 4.24 Å². The molecule has 2 nitrogen and oxygen atoms in total. The number of esters is 1. The molecule has 0 spiro atoms. The quantitative estimate of drug-likeness (QED) is 0.521. The van der Waals surface area contributed by atoms with E-state index in [1.54, 1.807) is 23.5 Å². The van der Waals surface area contributed by atoms with E-state index >= 15 is 0 Å². The fraction of sp³-hybridized carbons (Fsp3) is 0.625. The largest absolute Gasteiger partial charge is 0.466 e. The number of rotatable bonds is 4. The van der Waals surface area contributed by atoms with Crippen LogP contribution in [-0.4, -0.2) is 25.6 Å². The summed E-state index contributed by atoms with van der Waals surface area (Å²) < 4.78 is 5.71. The van der Waals surface area contributed by atoms with Crippen molar-refractivity contribution in [1.29, 1.82) is 0 Å². The maximum Gasteiger partial charge on any atom is 0.335 e. The average molecular weight is 206 g/mol. The molecule has 0 fully saturated rings. The highest BCUT2D eigenvalue weighted by molar-refractivity contribution is 8.21. The minimum atomic E-state index is -0.212. The molecule has 0 bridgehead atoms. The molecule has 12 heavy (non-hydrogen) atoms. The highest BCUT2D eigenvalue weighted by atomic mass is 32.2. The van der Waals surface area contributed by atoms with E-state index in [-0.39, 0.29) is 5.97 Å². The topological polar surface area (TPSA) is 26.3 Å². The van der Waals surface area contributed by atoms with Crippen molar-refractivity contribution < 1.29 is 9.53 Å². The van der Waals surface area contributed by atoms with Crippen LogP contribution >= 0.6 is 23.5 Å². The monoisotopic (exact) mass is 206 g/mol. The van der Waals surface area contributed by atoms with Crippen LogP contribution in [0.2, 0.25) is 0 Å². The molecule has 0 heterocycles. The van der Waals surface area contributed by atoms with Crippen LogP contribution in [-0.2, 0) is 9.53 Å². The van der Waals surface area contributed by atoms with Crippen molar-refractivity contribution in [2.45, 2.75) is 13.3 Å². The molecule has 0 N–H and O–H groups in total. The van der Waals surface area contributed by atoms with Gasteiger partial charge in [-0.1, -0.05) is 6.92 Å². The number of hydrogen-bond acceptors (Lipinski definition) is 4. The third kappa shape index (κ3) is 3.11. The predicted octanol–water partition coefficient (Wildman–Crippen LogP) is 2.51. The highest BCUT2D eigenvalue weighted by Gasteiger charge is 2.12. The summed E-state index contributed by atoms with van der Waals surface area (Å²) in [6.07, 6.45) is 4.65. The second-order valence-corrected chi connectivity index (χ2v) is 3.91. The van der Waals surface area contributed by atoms with E-state index in [1.807, 2.05) is 19.4 Å². The van der Waals surface area contributed by atoms with Crippen LogP contribution < -0.4 is 0 Å². The minimum absolute atomic E-state index is 0.212. The Kier molecular flexibility index (Phi) is 6.38. The van der Waals surface area contributed by atoms with Gasteiger partial charge in [0.1, 0.15) is 0 Å². The van der Waals surface area contributed by atoms with E-state index in [9.17, 15) is 4.79 Å². The number of carbonyl (C=O) groups is 1. The minimum Gasteiger partial charge on any atom is -0.466 e. The molecule has 0 rings (SSSR count). The van der Waals surface area contributed by atoms with Gasteiger partial charge in [-0.05, 0) is 18.9 Å². The van der Waals surface area contributed by atoms with Gasteiger partial charge in [-0.15, -0.1) is 23.5 Å². The summed E-state index contributed by atoms with van der Waals surface area (Å²) in [5.74, 6) is -0.212. The van der Waals surface area contributed by atoms with Crippen LogP contribution in [0.4, 0.5) is 0 Å². The fourth-order valence-corrected chi connectivity index (χ4v) is 2.44. The maximum absolute atomic E-state index is 11.2. The van der Waals surface area contributed by atoms with Crippen LogP contribution in [0, 0.1) is 0 Å². The fourth-order valence-electron chi connectivity index (χ4n) is 0.825. The van der Waals surface area contributed by atoms with Crippen molar-refractivity contribution >= 4 is 29.5 Å². The normalized spacial score (nSPS) is 9.33. The Morgan fingerprint density at radius 1 is 1.33 bits per heavy atom. The smallest absolute Gasteiger partial charge is 0.335 e. The Labute approximate surface area is 82.1 Å². The summed E-state index contributed by atoms with van der Waals surface area (Å²) in [4.78, 5) is 11.2. The molecule has 0 amide bonds. The van der Waals surface area contributed by atoms with Crippen molar-refractivity contribution in [3.8, 4) is 0 Å². The van der Waals surface area contributed by atoms with E-state index in [4.69, 9.17) is 0 Å². The summed E-state index contributed by atoms with van der Waals surface area (Å²) in [6.45, 7) is 1.96. The summed E-state index contributed by atoms with van der Waals surface area (Å²) in [5, 5.41) is 0. The van der Waals surface area contributed by atoms with Gasteiger partial charge in [-0.3, -0.25) is 0 Å². The first-order chi connectivity index (χ1) is 5.71. The van der Waals surface area contributed by atoms with Crippen LogP contribution in [0.1, 0.15) is 13.3 Å². The van der Waals surface area contributed by atoms with E-state index in [0.717, 1.165) is 16.2 Å². The molecule has 70 valence electrons. The van der Waals surface area contributed by atoms with Crippen molar-refractivity contribution in [3.05, 3.63) is 9.81 Å². The lowest BCUT2D eigenvalue weighted by atomic mass is 10.2. The number of hydrogen-bond donors (Lipinski definition) is 0. The molecule has 0 aliphatic rings. The SMILES string of the molecule is CCC(C(=O)OC)=C(SC)SC. The van der Waals surface area contributed by atoms with Gasteiger partial charge in [-0.2, -0.15) is 0 Å². The molecule has 0 aromatic rings. The Morgan fingerprint density at radius 3 is 2.08 bits per heavy atom. The molecule has 0 aromatic carbocycles. The molecule has 0 saturated carbocycles. The second kappa shape index (κ2) is 6.43. The van der Waals surface area contributed by atoms with Gasteiger partial charge < -0.3 is 4.74 Å². The molecule has 0 unspecified atom stereocenters.